The summed E-state index contributed by atoms with van der Waals surface area (Å²) in [7, 11) is 0. The minimum Gasteiger partial charge on any atom is -0.444 e. The Balaban J connectivity index is 2.08. The van der Waals surface area contributed by atoms with Crippen molar-refractivity contribution >= 4 is 6.09 Å². The molecule has 0 N–H and O–H groups in total. The summed E-state index contributed by atoms with van der Waals surface area (Å²) in [6.07, 6.45) is 3.38. The molecule has 1 heterocycles. The summed E-state index contributed by atoms with van der Waals surface area (Å²) in [5.41, 5.74) is 1.04. The van der Waals surface area contributed by atoms with Crippen molar-refractivity contribution in [2.75, 3.05) is 6.54 Å². The molecule has 17 heavy (non-hydrogen) atoms. The van der Waals surface area contributed by atoms with Gasteiger partial charge in [0.1, 0.15) is 5.60 Å². The minimum atomic E-state index is -0.421. The predicted octanol–water partition coefficient (Wildman–Crippen LogP) is 3.35. The molecule has 0 aromatic rings. The van der Waals surface area contributed by atoms with Crippen LogP contribution >= 0.6 is 0 Å². The van der Waals surface area contributed by atoms with E-state index in [1.165, 1.54) is 12.8 Å². The molecule has 2 rings (SSSR count). The number of ether oxygens (including phenoxy) is 1. The van der Waals surface area contributed by atoms with Crippen LogP contribution in [0.3, 0.4) is 0 Å². The molecule has 1 unspecified atom stereocenters. The second kappa shape index (κ2) is 3.76. The van der Waals surface area contributed by atoms with Crippen LogP contribution < -0.4 is 0 Å². The van der Waals surface area contributed by atoms with Crippen LogP contribution in [0.2, 0.25) is 0 Å². The molecular weight excluding hydrogens is 214 g/mol. The summed E-state index contributed by atoms with van der Waals surface area (Å²) < 4.78 is 5.47. The van der Waals surface area contributed by atoms with E-state index >= 15 is 0 Å². The Kier molecular flexibility index (Phi) is 2.75. The largest absolute Gasteiger partial charge is 0.444 e. The van der Waals surface area contributed by atoms with E-state index in [0.29, 0.717) is 5.41 Å². The van der Waals surface area contributed by atoms with E-state index in [2.05, 4.69) is 6.58 Å². The van der Waals surface area contributed by atoms with Crippen LogP contribution in [-0.4, -0.2) is 29.2 Å². The molecule has 1 spiro atoms. The number of nitrogens with zero attached hydrogens (tertiary/aromatic N) is 1. The van der Waals surface area contributed by atoms with Gasteiger partial charge in [-0.05, 0) is 52.4 Å². The van der Waals surface area contributed by atoms with E-state index in [1.54, 1.807) is 0 Å². The van der Waals surface area contributed by atoms with Crippen molar-refractivity contribution in [3.63, 3.8) is 0 Å². The van der Waals surface area contributed by atoms with Gasteiger partial charge in [0, 0.05) is 6.54 Å². The third kappa shape index (κ3) is 2.64. The molecule has 1 atom stereocenters. The molecule has 2 aliphatic rings. The maximum absolute atomic E-state index is 12.2. The van der Waals surface area contributed by atoms with E-state index in [0.717, 1.165) is 18.5 Å². The van der Waals surface area contributed by atoms with Crippen LogP contribution in [0, 0.1) is 5.41 Å². The van der Waals surface area contributed by atoms with Gasteiger partial charge in [-0.1, -0.05) is 12.2 Å². The smallest absolute Gasteiger partial charge is 0.410 e. The van der Waals surface area contributed by atoms with E-state index < -0.39 is 5.60 Å². The van der Waals surface area contributed by atoms with Crippen LogP contribution in [0.1, 0.15) is 47.0 Å². The second-order valence-corrected chi connectivity index (χ2v) is 6.67. The Morgan fingerprint density at radius 2 is 2.00 bits per heavy atom. The molecule has 1 saturated carbocycles. The topological polar surface area (TPSA) is 29.5 Å². The zero-order valence-electron chi connectivity index (χ0n) is 11.4. The third-order valence-corrected chi connectivity index (χ3v) is 3.66. The number of rotatable bonds is 1. The summed E-state index contributed by atoms with van der Waals surface area (Å²) in [4.78, 5) is 14.0. The second-order valence-electron chi connectivity index (χ2n) is 6.67. The van der Waals surface area contributed by atoms with Gasteiger partial charge in [-0.25, -0.2) is 4.79 Å². The Morgan fingerprint density at radius 3 is 2.41 bits per heavy atom. The van der Waals surface area contributed by atoms with Crippen molar-refractivity contribution in [3.05, 3.63) is 12.2 Å². The summed E-state index contributed by atoms with van der Waals surface area (Å²) >= 11 is 0. The molecule has 0 radical (unpaired) electrons. The van der Waals surface area contributed by atoms with E-state index in [-0.39, 0.29) is 12.1 Å². The molecule has 96 valence electrons. The van der Waals surface area contributed by atoms with Crippen LogP contribution in [-0.2, 0) is 4.74 Å². The Morgan fingerprint density at radius 1 is 1.41 bits per heavy atom. The van der Waals surface area contributed by atoms with Crippen molar-refractivity contribution in [1.82, 2.24) is 4.90 Å². The Hall–Kier alpha value is -0.990. The average molecular weight is 237 g/mol. The lowest BCUT2D eigenvalue weighted by atomic mass is 10.00. The quantitative estimate of drug-likeness (QED) is 0.654. The number of hydrogen-bond acceptors (Lipinski definition) is 2. The molecule has 2 fully saturated rings. The van der Waals surface area contributed by atoms with Crippen molar-refractivity contribution in [2.24, 2.45) is 5.41 Å². The summed E-state index contributed by atoms with van der Waals surface area (Å²) in [5.74, 6) is 0. The SMILES string of the molecule is C=C(C)C1CC2(CC2)CN1C(=O)OC(C)(C)C. The van der Waals surface area contributed by atoms with Crippen LogP contribution in [0.5, 0.6) is 0 Å². The first-order chi connectivity index (χ1) is 7.72. The average Bonchev–Trinajstić information content (AvgIpc) is 2.73. The maximum atomic E-state index is 12.2. The number of likely N-dealkylation sites (tertiary alicyclic amines) is 1. The fraction of sp³-hybridized carbons (Fsp3) is 0.786. The highest BCUT2D eigenvalue weighted by atomic mass is 16.6. The molecular formula is C14H23NO2. The Bertz CT molecular complexity index is 350. The zero-order chi connectivity index (χ0) is 12.8. The van der Waals surface area contributed by atoms with Gasteiger partial charge in [-0.3, -0.25) is 0 Å². The highest BCUT2D eigenvalue weighted by molar-refractivity contribution is 5.70. The first kappa shape index (κ1) is 12.5. The number of carbonyl (C=O) groups excluding carboxylic acids is 1. The van der Waals surface area contributed by atoms with Gasteiger partial charge in [0.05, 0.1) is 6.04 Å². The lowest BCUT2D eigenvalue weighted by molar-refractivity contribution is 0.0241. The molecule has 0 aromatic carbocycles. The predicted molar refractivity (Wildman–Crippen MR) is 67.8 cm³/mol. The van der Waals surface area contributed by atoms with E-state index in [4.69, 9.17) is 4.74 Å². The molecule has 1 saturated heterocycles. The van der Waals surface area contributed by atoms with Crippen LogP contribution in [0.4, 0.5) is 4.79 Å². The van der Waals surface area contributed by atoms with Gasteiger partial charge < -0.3 is 9.64 Å². The van der Waals surface area contributed by atoms with Gasteiger partial charge in [0.15, 0.2) is 0 Å². The lowest BCUT2D eigenvalue weighted by Crippen LogP contribution is -2.40. The molecule has 0 bridgehead atoms. The summed E-state index contributed by atoms with van der Waals surface area (Å²) in [5, 5.41) is 0. The van der Waals surface area contributed by atoms with Crippen LogP contribution in [0.15, 0.2) is 12.2 Å². The molecule has 3 heteroatoms. The maximum Gasteiger partial charge on any atom is 0.410 e. The Labute approximate surface area is 104 Å². The lowest BCUT2D eigenvalue weighted by Gasteiger charge is -2.28. The first-order valence-electron chi connectivity index (χ1n) is 6.38. The molecule has 1 aliphatic heterocycles. The number of hydrogen-bond donors (Lipinski definition) is 0. The number of carbonyl (C=O) groups is 1. The van der Waals surface area contributed by atoms with Crippen molar-refractivity contribution in [1.29, 1.82) is 0 Å². The molecule has 1 amide bonds. The van der Waals surface area contributed by atoms with Crippen LogP contribution in [0.25, 0.3) is 0 Å². The van der Waals surface area contributed by atoms with E-state index in [1.807, 2.05) is 32.6 Å². The standard InChI is InChI=1S/C14H23NO2/c1-10(2)11-8-14(6-7-14)9-15(11)12(16)17-13(3,4)5/h11H,1,6-9H2,2-5H3. The van der Waals surface area contributed by atoms with Crippen molar-refractivity contribution < 1.29 is 9.53 Å². The highest BCUT2D eigenvalue weighted by Gasteiger charge is 2.54. The van der Waals surface area contributed by atoms with Gasteiger partial charge in [0.25, 0.3) is 0 Å². The van der Waals surface area contributed by atoms with Gasteiger partial charge in [-0.15, -0.1) is 0 Å². The van der Waals surface area contributed by atoms with E-state index in [9.17, 15) is 4.79 Å². The zero-order valence-corrected chi connectivity index (χ0v) is 11.4. The molecule has 3 nitrogen and oxygen atoms in total. The van der Waals surface area contributed by atoms with Gasteiger partial charge in [-0.2, -0.15) is 0 Å². The first-order valence-corrected chi connectivity index (χ1v) is 6.38. The fourth-order valence-corrected chi connectivity index (χ4v) is 2.55. The highest BCUT2D eigenvalue weighted by Crippen LogP contribution is 2.55. The van der Waals surface area contributed by atoms with Crippen molar-refractivity contribution in [3.8, 4) is 0 Å². The normalized spacial score (nSPS) is 26.1. The van der Waals surface area contributed by atoms with Gasteiger partial charge in [0.2, 0.25) is 0 Å². The fourth-order valence-electron chi connectivity index (χ4n) is 2.55. The monoisotopic (exact) mass is 237 g/mol. The molecule has 1 aliphatic carbocycles. The summed E-state index contributed by atoms with van der Waals surface area (Å²) in [6.45, 7) is 12.6. The summed E-state index contributed by atoms with van der Waals surface area (Å²) in [6, 6.07) is 0.173. The number of amides is 1. The minimum absolute atomic E-state index is 0.173. The van der Waals surface area contributed by atoms with Gasteiger partial charge >= 0.3 is 6.09 Å². The molecule has 0 aromatic heterocycles. The third-order valence-electron chi connectivity index (χ3n) is 3.66. The van der Waals surface area contributed by atoms with Crippen molar-refractivity contribution in [2.45, 2.75) is 58.6 Å².